The first-order valence-electron chi connectivity index (χ1n) is 7.71. The molecule has 1 aromatic rings. The molecular weight excluding hydrogens is 232 g/mol. The van der Waals surface area contributed by atoms with Crippen LogP contribution in [0.2, 0.25) is 0 Å². The van der Waals surface area contributed by atoms with E-state index in [1.54, 1.807) is 0 Å². The quantitative estimate of drug-likeness (QED) is 0.844. The highest BCUT2D eigenvalue weighted by molar-refractivity contribution is 5.21. The van der Waals surface area contributed by atoms with Gasteiger partial charge in [0.15, 0.2) is 0 Å². The fraction of sp³-hybridized carbons (Fsp3) is 0.647. The Morgan fingerprint density at radius 3 is 2.68 bits per heavy atom. The molecule has 0 saturated carbocycles. The van der Waals surface area contributed by atoms with E-state index in [0.29, 0.717) is 0 Å². The lowest BCUT2D eigenvalue weighted by Gasteiger charge is -2.24. The van der Waals surface area contributed by atoms with Crippen molar-refractivity contribution in [3.63, 3.8) is 0 Å². The summed E-state index contributed by atoms with van der Waals surface area (Å²) in [5, 5.41) is 3.63. The van der Waals surface area contributed by atoms with E-state index in [1.165, 1.54) is 56.3 Å². The highest BCUT2D eigenvalue weighted by Gasteiger charge is 2.12. The molecule has 19 heavy (non-hydrogen) atoms. The Hall–Kier alpha value is -0.860. The molecule has 1 aromatic carbocycles. The molecule has 1 unspecified atom stereocenters. The predicted molar refractivity (Wildman–Crippen MR) is 82.4 cm³/mol. The molecule has 0 radical (unpaired) electrons. The van der Waals surface area contributed by atoms with Crippen LogP contribution in [0.5, 0.6) is 0 Å². The summed E-state index contributed by atoms with van der Waals surface area (Å²) >= 11 is 0. The zero-order valence-electron chi connectivity index (χ0n) is 12.5. The largest absolute Gasteiger partial charge is 0.314 e. The van der Waals surface area contributed by atoms with Crippen LogP contribution >= 0.6 is 0 Å². The molecule has 1 atom stereocenters. The fourth-order valence-electron chi connectivity index (χ4n) is 2.86. The lowest BCUT2D eigenvalue weighted by atomic mass is 10.0. The lowest BCUT2D eigenvalue weighted by molar-refractivity contribution is 0.297. The van der Waals surface area contributed by atoms with E-state index >= 15 is 0 Å². The monoisotopic (exact) mass is 260 g/mol. The van der Waals surface area contributed by atoms with Gasteiger partial charge in [-0.1, -0.05) is 36.2 Å². The molecule has 2 nitrogen and oxygen atoms in total. The van der Waals surface area contributed by atoms with Crippen LogP contribution in [0.1, 0.15) is 43.2 Å². The number of piperidine rings is 1. The standard InChI is InChI=1S/C17H28N2/c1-15-8-10-16(11-9-15)14-19(2)13-5-7-17-6-3-4-12-18-17/h8-11,17-18H,3-7,12-14H2,1-2H3. The zero-order chi connectivity index (χ0) is 13.5. The molecule has 2 rings (SSSR count). The summed E-state index contributed by atoms with van der Waals surface area (Å²) in [7, 11) is 2.23. The fourth-order valence-corrected chi connectivity index (χ4v) is 2.86. The Kier molecular flexibility index (Phi) is 5.87. The molecular formula is C17H28N2. The number of nitrogens with zero attached hydrogens (tertiary/aromatic N) is 1. The van der Waals surface area contributed by atoms with E-state index < -0.39 is 0 Å². The molecule has 2 heteroatoms. The summed E-state index contributed by atoms with van der Waals surface area (Å²) in [6, 6.07) is 9.68. The van der Waals surface area contributed by atoms with E-state index in [2.05, 4.69) is 48.5 Å². The Morgan fingerprint density at radius 1 is 1.21 bits per heavy atom. The second-order valence-corrected chi connectivity index (χ2v) is 6.01. The normalized spacial score (nSPS) is 19.8. The second-order valence-electron chi connectivity index (χ2n) is 6.01. The summed E-state index contributed by atoms with van der Waals surface area (Å²) in [6.07, 6.45) is 6.79. The van der Waals surface area contributed by atoms with Gasteiger partial charge in [-0.05, 0) is 58.3 Å². The summed E-state index contributed by atoms with van der Waals surface area (Å²) in [5.74, 6) is 0. The van der Waals surface area contributed by atoms with Gasteiger partial charge >= 0.3 is 0 Å². The maximum absolute atomic E-state index is 3.63. The number of rotatable bonds is 6. The third kappa shape index (κ3) is 5.33. The van der Waals surface area contributed by atoms with Crippen molar-refractivity contribution >= 4 is 0 Å². The van der Waals surface area contributed by atoms with E-state index in [4.69, 9.17) is 0 Å². The van der Waals surface area contributed by atoms with E-state index in [0.717, 1.165) is 12.6 Å². The molecule has 0 aromatic heterocycles. The summed E-state index contributed by atoms with van der Waals surface area (Å²) in [6.45, 7) is 5.64. The SMILES string of the molecule is Cc1ccc(CN(C)CCCC2CCCCN2)cc1. The highest BCUT2D eigenvalue weighted by atomic mass is 15.1. The molecule has 0 aliphatic carbocycles. The molecule has 0 bridgehead atoms. The van der Waals surface area contributed by atoms with Crippen LogP contribution in [-0.2, 0) is 6.54 Å². The second kappa shape index (κ2) is 7.66. The van der Waals surface area contributed by atoms with Crippen LogP contribution in [-0.4, -0.2) is 31.1 Å². The highest BCUT2D eigenvalue weighted by Crippen LogP contribution is 2.12. The topological polar surface area (TPSA) is 15.3 Å². The molecule has 1 fully saturated rings. The van der Waals surface area contributed by atoms with Crippen molar-refractivity contribution in [1.29, 1.82) is 0 Å². The molecule has 1 N–H and O–H groups in total. The Labute approximate surface area is 118 Å². The summed E-state index contributed by atoms with van der Waals surface area (Å²) < 4.78 is 0. The van der Waals surface area contributed by atoms with Crippen LogP contribution in [0, 0.1) is 6.92 Å². The Morgan fingerprint density at radius 2 is 2.00 bits per heavy atom. The lowest BCUT2D eigenvalue weighted by Crippen LogP contribution is -2.34. The van der Waals surface area contributed by atoms with Crippen molar-refractivity contribution in [2.24, 2.45) is 0 Å². The molecule has 1 heterocycles. The van der Waals surface area contributed by atoms with Gasteiger partial charge in [0.1, 0.15) is 0 Å². The van der Waals surface area contributed by atoms with Crippen molar-refractivity contribution in [2.75, 3.05) is 20.1 Å². The van der Waals surface area contributed by atoms with Crippen LogP contribution in [0.15, 0.2) is 24.3 Å². The smallest absolute Gasteiger partial charge is 0.0230 e. The predicted octanol–water partition coefficient (Wildman–Crippen LogP) is 3.35. The first kappa shape index (κ1) is 14.5. The number of aryl methyl sites for hydroxylation is 1. The summed E-state index contributed by atoms with van der Waals surface area (Å²) in [5.41, 5.74) is 2.76. The van der Waals surface area contributed by atoms with Gasteiger partial charge in [-0.3, -0.25) is 0 Å². The van der Waals surface area contributed by atoms with Crippen molar-refractivity contribution in [3.8, 4) is 0 Å². The molecule has 1 saturated heterocycles. The van der Waals surface area contributed by atoms with Crippen molar-refractivity contribution in [2.45, 2.75) is 51.6 Å². The van der Waals surface area contributed by atoms with E-state index in [1.807, 2.05) is 0 Å². The first-order valence-corrected chi connectivity index (χ1v) is 7.71. The molecule has 1 aliphatic heterocycles. The van der Waals surface area contributed by atoms with Crippen LogP contribution in [0.25, 0.3) is 0 Å². The van der Waals surface area contributed by atoms with Crippen LogP contribution in [0.3, 0.4) is 0 Å². The van der Waals surface area contributed by atoms with Gasteiger partial charge in [0.2, 0.25) is 0 Å². The average Bonchev–Trinajstić information content (AvgIpc) is 2.43. The number of hydrogen-bond donors (Lipinski definition) is 1. The maximum Gasteiger partial charge on any atom is 0.0230 e. The molecule has 0 spiro atoms. The maximum atomic E-state index is 3.63. The van der Waals surface area contributed by atoms with Gasteiger partial charge in [-0.2, -0.15) is 0 Å². The van der Waals surface area contributed by atoms with Gasteiger partial charge in [0, 0.05) is 12.6 Å². The first-order chi connectivity index (χ1) is 9.24. The minimum atomic E-state index is 0.779. The average molecular weight is 260 g/mol. The number of hydrogen-bond acceptors (Lipinski definition) is 2. The third-order valence-electron chi connectivity index (χ3n) is 4.08. The Balaban J connectivity index is 1.63. The minimum absolute atomic E-state index is 0.779. The molecule has 0 amide bonds. The third-order valence-corrected chi connectivity index (χ3v) is 4.08. The minimum Gasteiger partial charge on any atom is -0.314 e. The molecule has 106 valence electrons. The van der Waals surface area contributed by atoms with Crippen LogP contribution < -0.4 is 5.32 Å². The van der Waals surface area contributed by atoms with Gasteiger partial charge in [0.05, 0.1) is 0 Å². The van der Waals surface area contributed by atoms with Crippen LogP contribution in [0.4, 0.5) is 0 Å². The van der Waals surface area contributed by atoms with Crippen molar-refractivity contribution < 1.29 is 0 Å². The van der Waals surface area contributed by atoms with E-state index in [-0.39, 0.29) is 0 Å². The van der Waals surface area contributed by atoms with Gasteiger partial charge < -0.3 is 10.2 Å². The number of benzene rings is 1. The van der Waals surface area contributed by atoms with Gasteiger partial charge in [0.25, 0.3) is 0 Å². The summed E-state index contributed by atoms with van der Waals surface area (Å²) in [4.78, 5) is 2.44. The number of nitrogens with one attached hydrogen (secondary N) is 1. The Bertz CT molecular complexity index is 352. The zero-order valence-corrected chi connectivity index (χ0v) is 12.5. The van der Waals surface area contributed by atoms with Crippen molar-refractivity contribution in [3.05, 3.63) is 35.4 Å². The molecule has 1 aliphatic rings. The van der Waals surface area contributed by atoms with Crippen molar-refractivity contribution in [1.82, 2.24) is 10.2 Å². The van der Waals surface area contributed by atoms with Gasteiger partial charge in [-0.25, -0.2) is 0 Å². The van der Waals surface area contributed by atoms with E-state index in [9.17, 15) is 0 Å². The van der Waals surface area contributed by atoms with Gasteiger partial charge in [-0.15, -0.1) is 0 Å².